The van der Waals surface area contributed by atoms with Crippen molar-refractivity contribution in [3.63, 3.8) is 0 Å². The predicted molar refractivity (Wildman–Crippen MR) is 99.4 cm³/mol. The standard InChI is InChI=1S/C20H27F3N2S/c21-20(22,23)16-4-7-18(24-12-16)15-2-5-17(6-3-15)25-10-1-8-19(13-25)9-11-26-14-19/h4,7,12,15,17H,1-3,5-6,8-11,13-14H2/t15?,17?,19-/m0/s1. The summed E-state index contributed by atoms with van der Waals surface area (Å²) in [5, 5.41) is 0. The van der Waals surface area contributed by atoms with E-state index in [0.717, 1.165) is 37.6 Å². The van der Waals surface area contributed by atoms with Crippen LogP contribution in [0.1, 0.15) is 62.1 Å². The summed E-state index contributed by atoms with van der Waals surface area (Å²) in [6.45, 7) is 2.48. The summed E-state index contributed by atoms with van der Waals surface area (Å²) >= 11 is 2.11. The molecule has 0 radical (unpaired) electrons. The predicted octanol–water partition coefficient (Wildman–Crippen LogP) is 5.35. The minimum atomic E-state index is -4.30. The van der Waals surface area contributed by atoms with E-state index in [1.54, 1.807) is 6.07 Å². The number of likely N-dealkylation sites (tertiary alicyclic amines) is 1. The molecule has 0 amide bonds. The number of piperidine rings is 1. The van der Waals surface area contributed by atoms with E-state index in [2.05, 4.69) is 21.6 Å². The lowest BCUT2D eigenvalue weighted by atomic mass is 9.77. The molecule has 0 N–H and O–H groups in total. The largest absolute Gasteiger partial charge is 0.417 e. The van der Waals surface area contributed by atoms with Gasteiger partial charge in [-0.05, 0) is 74.8 Å². The monoisotopic (exact) mass is 384 g/mol. The van der Waals surface area contributed by atoms with Crippen LogP contribution in [0.2, 0.25) is 0 Å². The van der Waals surface area contributed by atoms with E-state index < -0.39 is 11.7 Å². The first-order valence-electron chi connectivity index (χ1n) is 9.80. The second kappa shape index (κ2) is 7.34. The summed E-state index contributed by atoms with van der Waals surface area (Å²) in [7, 11) is 0. The highest BCUT2D eigenvalue weighted by Gasteiger charge is 2.40. The lowest BCUT2D eigenvalue weighted by Crippen LogP contribution is -2.49. The first kappa shape index (κ1) is 18.6. The van der Waals surface area contributed by atoms with E-state index in [0.29, 0.717) is 17.4 Å². The zero-order chi connectivity index (χ0) is 18.2. The number of hydrogen-bond donors (Lipinski definition) is 0. The molecule has 1 saturated carbocycles. The summed E-state index contributed by atoms with van der Waals surface area (Å²) in [6.07, 6.45) is 5.16. The normalized spacial score (nSPS) is 33.7. The van der Waals surface area contributed by atoms with Gasteiger partial charge in [0.25, 0.3) is 0 Å². The number of pyridine rings is 1. The van der Waals surface area contributed by atoms with E-state index in [4.69, 9.17) is 0 Å². The Morgan fingerprint density at radius 3 is 2.54 bits per heavy atom. The van der Waals surface area contributed by atoms with E-state index in [1.165, 1.54) is 49.9 Å². The van der Waals surface area contributed by atoms with Crippen LogP contribution in [0, 0.1) is 5.41 Å². The second-order valence-corrected chi connectivity index (χ2v) is 9.46. The van der Waals surface area contributed by atoms with Gasteiger partial charge in [-0.15, -0.1) is 0 Å². The molecule has 1 aliphatic carbocycles. The van der Waals surface area contributed by atoms with Crippen LogP contribution in [0.5, 0.6) is 0 Å². The summed E-state index contributed by atoms with van der Waals surface area (Å²) in [4.78, 5) is 6.86. The van der Waals surface area contributed by atoms with Gasteiger partial charge >= 0.3 is 6.18 Å². The number of nitrogens with zero attached hydrogens (tertiary/aromatic N) is 2. The van der Waals surface area contributed by atoms with Crippen molar-refractivity contribution in [1.82, 2.24) is 9.88 Å². The lowest BCUT2D eigenvalue weighted by molar-refractivity contribution is -0.137. The van der Waals surface area contributed by atoms with Gasteiger partial charge in [0.2, 0.25) is 0 Å². The molecule has 26 heavy (non-hydrogen) atoms. The number of aromatic nitrogens is 1. The maximum atomic E-state index is 12.7. The molecule has 0 unspecified atom stereocenters. The SMILES string of the molecule is FC(F)(F)c1ccc(C2CCC(N3CCC[C@]4(CCSC4)C3)CC2)nc1. The van der Waals surface area contributed by atoms with Crippen molar-refractivity contribution < 1.29 is 13.2 Å². The van der Waals surface area contributed by atoms with Crippen molar-refractivity contribution in [1.29, 1.82) is 0 Å². The summed E-state index contributed by atoms with van der Waals surface area (Å²) in [6, 6.07) is 3.42. The highest BCUT2D eigenvalue weighted by atomic mass is 32.2. The molecule has 144 valence electrons. The quantitative estimate of drug-likeness (QED) is 0.684. The van der Waals surface area contributed by atoms with Crippen LogP contribution < -0.4 is 0 Å². The van der Waals surface area contributed by atoms with Crippen LogP contribution in [0.4, 0.5) is 13.2 Å². The molecule has 3 heterocycles. The molecule has 4 rings (SSSR count). The molecule has 0 aromatic carbocycles. The molecular formula is C20H27F3N2S. The third-order valence-electron chi connectivity index (χ3n) is 6.62. The fourth-order valence-corrected chi connectivity index (χ4v) is 6.62. The van der Waals surface area contributed by atoms with Crippen LogP contribution in [-0.4, -0.2) is 40.5 Å². The van der Waals surface area contributed by atoms with Crippen molar-refractivity contribution >= 4 is 11.8 Å². The highest BCUT2D eigenvalue weighted by Crippen LogP contribution is 2.45. The molecule has 3 fully saturated rings. The van der Waals surface area contributed by atoms with Gasteiger partial charge in [0.15, 0.2) is 0 Å². The first-order valence-corrected chi connectivity index (χ1v) is 11.0. The Morgan fingerprint density at radius 2 is 1.92 bits per heavy atom. The number of rotatable bonds is 2. The molecule has 1 spiro atoms. The van der Waals surface area contributed by atoms with Crippen molar-refractivity contribution in [2.45, 2.75) is 63.1 Å². The molecule has 2 saturated heterocycles. The van der Waals surface area contributed by atoms with Crippen LogP contribution >= 0.6 is 11.8 Å². The highest BCUT2D eigenvalue weighted by molar-refractivity contribution is 7.99. The molecule has 0 bridgehead atoms. The Labute approximate surface area is 157 Å². The van der Waals surface area contributed by atoms with Gasteiger partial charge in [0.1, 0.15) is 0 Å². The average molecular weight is 385 g/mol. The van der Waals surface area contributed by atoms with Crippen molar-refractivity contribution in [3.8, 4) is 0 Å². The maximum absolute atomic E-state index is 12.7. The summed E-state index contributed by atoms with van der Waals surface area (Å²) in [5.74, 6) is 2.96. The Morgan fingerprint density at radius 1 is 1.12 bits per heavy atom. The minimum absolute atomic E-state index is 0.314. The molecular weight excluding hydrogens is 357 g/mol. The Hall–Kier alpha value is -0.750. The van der Waals surface area contributed by atoms with E-state index >= 15 is 0 Å². The van der Waals surface area contributed by atoms with Crippen LogP contribution in [-0.2, 0) is 6.18 Å². The number of halogens is 3. The fourth-order valence-electron chi connectivity index (χ4n) is 5.08. The molecule has 1 aromatic heterocycles. The van der Waals surface area contributed by atoms with Gasteiger partial charge in [-0.25, -0.2) is 0 Å². The molecule has 2 nitrogen and oxygen atoms in total. The average Bonchev–Trinajstić information content (AvgIpc) is 3.09. The molecule has 1 atom stereocenters. The van der Waals surface area contributed by atoms with Gasteiger partial charge in [-0.2, -0.15) is 24.9 Å². The number of hydrogen-bond acceptors (Lipinski definition) is 3. The molecule has 1 aromatic rings. The molecule has 3 aliphatic rings. The van der Waals surface area contributed by atoms with E-state index in [-0.39, 0.29) is 0 Å². The van der Waals surface area contributed by atoms with Crippen LogP contribution in [0.15, 0.2) is 18.3 Å². The van der Waals surface area contributed by atoms with Crippen molar-refractivity contribution in [2.24, 2.45) is 5.41 Å². The molecule has 6 heteroatoms. The second-order valence-electron chi connectivity index (χ2n) is 8.35. The van der Waals surface area contributed by atoms with Gasteiger partial charge < -0.3 is 0 Å². The summed E-state index contributed by atoms with van der Waals surface area (Å²) in [5.41, 5.74) is 0.746. The third kappa shape index (κ3) is 3.91. The zero-order valence-electron chi connectivity index (χ0n) is 15.1. The van der Waals surface area contributed by atoms with Gasteiger partial charge in [0, 0.05) is 36.1 Å². The smallest absolute Gasteiger partial charge is 0.300 e. The van der Waals surface area contributed by atoms with Crippen molar-refractivity contribution in [3.05, 3.63) is 29.6 Å². The Bertz CT molecular complexity index is 602. The molecule has 2 aliphatic heterocycles. The lowest BCUT2D eigenvalue weighted by Gasteiger charge is -2.45. The van der Waals surface area contributed by atoms with Gasteiger partial charge in [-0.3, -0.25) is 9.88 Å². The van der Waals surface area contributed by atoms with E-state index in [9.17, 15) is 13.2 Å². The van der Waals surface area contributed by atoms with Crippen LogP contribution in [0.3, 0.4) is 0 Å². The zero-order valence-corrected chi connectivity index (χ0v) is 15.9. The van der Waals surface area contributed by atoms with Crippen LogP contribution in [0.25, 0.3) is 0 Å². The van der Waals surface area contributed by atoms with Crippen molar-refractivity contribution in [2.75, 3.05) is 24.6 Å². The Kier molecular flexibility index (Phi) is 5.26. The van der Waals surface area contributed by atoms with E-state index in [1.807, 2.05) is 0 Å². The number of thioether (sulfide) groups is 1. The Balaban J connectivity index is 1.34. The third-order valence-corrected chi connectivity index (χ3v) is 7.93. The first-order chi connectivity index (χ1) is 12.5. The number of alkyl halides is 3. The van der Waals surface area contributed by atoms with Gasteiger partial charge in [0.05, 0.1) is 5.56 Å². The minimum Gasteiger partial charge on any atom is -0.300 e. The summed E-state index contributed by atoms with van der Waals surface area (Å²) < 4.78 is 38.1. The topological polar surface area (TPSA) is 16.1 Å². The fraction of sp³-hybridized carbons (Fsp3) is 0.750. The van der Waals surface area contributed by atoms with Gasteiger partial charge in [-0.1, -0.05) is 0 Å². The maximum Gasteiger partial charge on any atom is 0.417 e.